The van der Waals surface area contributed by atoms with E-state index in [9.17, 15) is 9.18 Å². The van der Waals surface area contributed by atoms with E-state index < -0.39 is 6.09 Å². The number of aromatic nitrogens is 3. The molecule has 1 amide bonds. The molecule has 3 heterocycles. The SMILES string of the molecule is CN1CCCC1CCNC(=O)Oc1nc2nc(Nc3ccc(F)cc3)ncc2cc1-c1ccccc1Br. The summed E-state index contributed by atoms with van der Waals surface area (Å²) in [5, 5.41) is 6.56. The third-order valence-electron chi connectivity index (χ3n) is 6.41. The lowest BCUT2D eigenvalue weighted by molar-refractivity contribution is 0.197. The fraction of sp³-hybridized carbons (Fsp3) is 0.259. The number of likely N-dealkylation sites (tertiary alicyclic amines) is 1. The molecule has 1 atom stereocenters. The topological polar surface area (TPSA) is 92.3 Å². The molecule has 1 fully saturated rings. The number of fused-ring (bicyclic) bond motifs is 1. The van der Waals surface area contributed by atoms with Crippen molar-refractivity contribution in [3.05, 3.63) is 71.1 Å². The van der Waals surface area contributed by atoms with E-state index in [1.165, 1.54) is 18.6 Å². The highest BCUT2D eigenvalue weighted by molar-refractivity contribution is 9.10. The Morgan fingerprint density at radius 3 is 2.73 bits per heavy atom. The number of nitrogens with one attached hydrogen (secondary N) is 2. The van der Waals surface area contributed by atoms with Crippen molar-refractivity contribution in [3.8, 4) is 17.0 Å². The van der Waals surface area contributed by atoms with Crippen molar-refractivity contribution >= 4 is 44.7 Å². The van der Waals surface area contributed by atoms with Crippen LogP contribution in [0.5, 0.6) is 5.88 Å². The van der Waals surface area contributed by atoms with Crippen LogP contribution in [0.4, 0.5) is 20.8 Å². The summed E-state index contributed by atoms with van der Waals surface area (Å²) in [6.07, 6.45) is 4.25. The van der Waals surface area contributed by atoms with Crippen LogP contribution in [-0.4, -0.2) is 52.1 Å². The van der Waals surface area contributed by atoms with Crippen molar-refractivity contribution in [1.82, 2.24) is 25.2 Å². The van der Waals surface area contributed by atoms with Gasteiger partial charge in [-0.05, 0) is 69.3 Å². The first-order valence-electron chi connectivity index (χ1n) is 12.1. The van der Waals surface area contributed by atoms with Gasteiger partial charge in [0.05, 0.1) is 0 Å². The van der Waals surface area contributed by atoms with Crippen molar-refractivity contribution in [1.29, 1.82) is 0 Å². The number of rotatable bonds is 7. The van der Waals surface area contributed by atoms with Gasteiger partial charge in [-0.1, -0.05) is 34.1 Å². The molecule has 1 unspecified atom stereocenters. The number of halogens is 2. The van der Waals surface area contributed by atoms with E-state index in [0.29, 0.717) is 34.9 Å². The number of pyridine rings is 1. The molecular weight excluding hydrogens is 539 g/mol. The molecule has 1 aliphatic rings. The average molecular weight is 565 g/mol. The number of hydrogen-bond acceptors (Lipinski definition) is 7. The normalized spacial score (nSPS) is 15.6. The summed E-state index contributed by atoms with van der Waals surface area (Å²) in [7, 11) is 2.11. The molecule has 10 heteroatoms. The van der Waals surface area contributed by atoms with Crippen LogP contribution in [0.2, 0.25) is 0 Å². The number of anilines is 2. The first-order valence-corrected chi connectivity index (χ1v) is 12.9. The van der Waals surface area contributed by atoms with Crippen LogP contribution < -0.4 is 15.4 Å². The average Bonchev–Trinajstić information content (AvgIpc) is 3.30. The monoisotopic (exact) mass is 564 g/mol. The van der Waals surface area contributed by atoms with Gasteiger partial charge in [0.1, 0.15) is 5.82 Å². The second-order valence-corrected chi connectivity index (χ2v) is 9.80. The maximum absolute atomic E-state index is 13.2. The third-order valence-corrected chi connectivity index (χ3v) is 7.10. The van der Waals surface area contributed by atoms with Crippen molar-refractivity contribution < 1.29 is 13.9 Å². The molecule has 5 rings (SSSR count). The predicted octanol–water partition coefficient (Wildman–Crippen LogP) is 5.91. The van der Waals surface area contributed by atoms with E-state index in [0.717, 1.165) is 29.4 Å². The molecule has 0 bridgehead atoms. The number of hydrogen-bond donors (Lipinski definition) is 2. The number of ether oxygens (including phenoxy) is 1. The molecule has 1 saturated heterocycles. The number of carbonyl (C=O) groups is 1. The molecule has 0 spiro atoms. The van der Waals surface area contributed by atoms with E-state index in [-0.39, 0.29) is 17.6 Å². The second kappa shape index (κ2) is 11.2. The van der Waals surface area contributed by atoms with Gasteiger partial charge in [0.15, 0.2) is 5.65 Å². The van der Waals surface area contributed by atoms with Crippen molar-refractivity contribution in [2.75, 3.05) is 25.5 Å². The van der Waals surface area contributed by atoms with Gasteiger partial charge in [-0.15, -0.1) is 0 Å². The van der Waals surface area contributed by atoms with Crippen LogP contribution in [0.3, 0.4) is 0 Å². The summed E-state index contributed by atoms with van der Waals surface area (Å²) in [6, 6.07) is 15.8. The van der Waals surface area contributed by atoms with Crippen molar-refractivity contribution in [3.63, 3.8) is 0 Å². The highest BCUT2D eigenvalue weighted by Crippen LogP contribution is 2.36. The van der Waals surface area contributed by atoms with Gasteiger partial charge in [0.25, 0.3) is 0 Å². The first kappa shape index (κ1) is 25.0. The van der Waals surface area contributed by atoms with Gasteiger partial charge in [0.2, 0.25) is 11.8 Å². The Bertz CT molecular complexity index is 1420. The first-order chi connectivity index (χ1) is 18.0. The Balaban J connectivity index is 1.41. The molecule has 0 radical (unpaired) electrons. The molecule has 0 aliphatic carbocycles. The van der Waals surface area contributed by atoms with Crippen LogP contribution in [0.15, 0.2) is 65.3 Å². The van der Waals surface area contributed by atoms with Gasteiger partial charge in [-0.2, -0.15) is 9.97 Å². The standard InChI is InChI=1S/C27H26BrFN6O2/c1-35-14-4-5-20(35)12-13-30-27(36)37-25-22(21-6-2-3-7-23(21)28)15-17-16-31-26(34-24(17)33-25)32-19-10-8-18(29)9-11-19/h2-3,6-11,15-16,20H,4-5,12-14H2,1H3,(H,30,36)(H,31,32,33,34). The van der Waals surface area contributed by atoms with E-state index >= 15 is 0 Å². The van der Waals surface area contributed by atoms with Crippen molar-refractivity contribution in [2.24, 2.45) is 0 Å². The number of carbonyl (C=O) groups excluding carboxylic acids is 1. The molecule has 2 aromatic carbocycles. The minimum Gasteiger partial charge on any atom is -0.391 e. The Labute approximate surface area is 222 Å². The van der Waals surface area contributed by atoms with E-state index in [4.69, 9.17) is 4.74 Å². The molecule has 2 aromatic heterocycles. The Morgan fingerprint density at radius 1 is 1.16 bits per heavy atom. The van der Waals surface area contributed by atoms with E-state index in [1.54, 1.807) is 18.3 Å². The third kappa shape index (κ3) is 6.03. The van der Waals surface area contributed by atoms with Gasteiger partial charge >= 0.3 is 6.09 Å². The minimum atomic E-state index is -0.570. The van der Waals surface area contributed by atoms with E-state index in [2.05, 4.69) is 53.5 Å². The highest BCUT2D eigenvalue weighted by atomic mass is 79.9. The fourth-order valence-corrected chi connectivity index (χ4v) is 4.93. The summed E-state index contributed by atoms with van der Waals surface area (Å²) in [4.78, 5) is 28.5. The summed E-state index contributed by atoms with van der Waals surface area (Å²) in [6.45, 7) is 1.60. The quantitative estimate of drug-likeness (QED) is 0.288. The number of amides is 1. The number of benzene rings is 2. The Morgan fingerprint density at radius 2 is 1.97 bits per heavy atom. The van der Waals surface area contributed by atoms with Gasteiger partial charge in [-0.3, -0.25) is 0 Å². The van der Waals surface area contributed by atoms with E-state index in [1.807, 2.05) is 30.3 Å². The van der Waals surface area contributed by atoms with Crippen LogP contribution >= 0.6 is 15.9 Å². The highest BCUT2D eigenvalue weighted by Gasteiger charge is 2.21. The maximum atomic E-state index is 13.2. The van der Waals surface area contributed by atoms with Gasteiger partial charge in [-0.25, -0.2) is 14.2 Å². The Kier molecular flexibility index (Phi) is 7.57. The lowest BCUT2D eigenvalue weighted by Gasteiger charge is -2.19. The molecular formula is C27H26BrFN6O2. The molecule has 190 valence electrons. The van der Waals surface area contributed by atoms with Gasteiger partial charge < -0.3 is 20.3 Å². The zero-order valence-corrected chi connectivity index (χ0v) is 21.8. The molecule has 4 aromatic rings. The van der Waals surface area contributed by atoms with Crippen molar-refractivity contribution in [2.45, 2.75) is 25.3 Å². The Hall–Kier alpha value is -3.63. The van der Waals surface area contributed by atoms with Crippen LogP contribution in [0.25, 0.3) is 22.2 Å². The lowest BCUT2D eigenvalue weighted by Crippen LogP contribution is -2.33. The van der Waals surface area contributed by atoms with Crippen LogP contribution in [0, 0.1) is 5.82 Å². The summed E-state index contributed by atoms with van der Waals surface area (Å²) >= 11 is 3.58. The molecule has 2 N–H and O–H groups in total. The molecule has 0 saturated carbocycles. The molecule has 1 aliphatic heterocycles. The molecule has 37 heavy (non-hydrogen) atoms. The predicted molar refractivity (Wildman–Crippen MR) is 144 cm³/mol. The smallest absolute Gasteiger partial charge is 0.391 e. The lowest BCUT2D eigenvalue weighted by atomic mass is 10.1. The molecule has 8 nitrogen and oxygen atoms in total. The summed E-state index contributed by atoms with van der Waals surface area (Å²) in [5.74, 6) is 0.0965. The minimum absolute atomic E-state index is 0.140. The zero-order chi connectivity index (χ0) is 25.8. The van der Waals surface area contributed by atoms with Crippen LogP contribution in [0.1, 0.15) is 19.3 Å². The van der Waals surface area contributed by atoms with Crippen LogP contribution in [-0.2, 0) is 0 Å². The largest absolute Gasteiger partial charge is 0.413 e. The fourth-order valence-electron chi connectivity index (χ4n) is 4.43. The second-order valence-electron chi connectivity index (χ2n) is 8.94. The zero-order valence-electron chi connectivity index (χ0n) is 20.2. The van der Waals surface area contributed by atoms with Gasteiger partial charge in [0, 0.05) is 45.5 Å². The maximum Gasteiger partial charge on any atom is 0.413 e. The number of nitrogens with zero attached hydrogens (tertiary/aromatic N) is 4. The summed E-state index contributed by atoms with van der Waals surface area (Å²) < 4.78 is 19.8. The summed E-state index contributed by atoms with van der Waals surface area (Å²) in [5.41, 5.74) is 2.44.